The molecule has 4 heteroatoms. The first kappa shape index (κ1) is 13.6. The van der Waals surface area contributed by atoms with Crippen LogP contribution >= 0.6 is 0 Å². The third-order valence-corrected chi connectivity index (χ3v) is 4.68. The number of benzene rings is 1. The molecule has 0 radical (unpaired) electrons. The van der Waals surface area contributed by atoms with Gasteiger partial charge in [-0.1, -0.05) is 30.3 Å². The highest BCUT2D eigenvalue weighted by molar-refractivity contribution is 5.76. The van der Waals surface area contributed by atoms with Gasteiger partial charge in [0.15, 0.2) is 6.10 Å². The van der Waals surface area contributed by atoms with Crippen molar-refractivity contribution in [3.05, 3.63) is 35.9 Å². The van der Waals surface area contributed by atoms with E-state index in [-0.39, 0.29) is 6.10 Å². The number of ether oxygens (including phenoxy) is 1. The maximum Gasteiger partial charge on any atom is 0.339 e. The number of hydrogen-bond acceptors (Lipinski definition) is 4. The van der Waals surface area contributed by atoms with Crippen LogP contribution in [0.1, 0.15) is 37.4 Å². The number of carbonyl (C=O) groups is 1. The lowest BCUT2D eigenvalue weighted by Crippen LogP contribution is -2.43. The third kappa shape index (κ3) is 2.58. The van der Waals surface area contributed by atoms with Gasteiger partial charge in [0.05, 0.1) is 0 Å². The first-order valence-electron chi connectivity index (χ1n) is 7.30. The van der Waals surface area contributed by atoms with Crippen molar-refractivity contribution in [3.8, 4) is 0 Å². The smallest absolute Gasteiger partial charge is 0.339 e. The van der Waals surface area contributed by atoms with Crippen molar-refractivity contribution in [2.24, 2.45) is 0 Å². The number of esters is 1. The van der Waals surface area contributed by atoms with Gasteiger partial charge in [0.25, 0.3) is 0 Å². The van der Waals surface area contributed by atoms with Crippen molar-refractivity contribution in [2.75, 3.05) is 7.05 Å². The molecule has 0 saturated carbocycles. The Morgan fingerprint density at radius 3 is 2.45 bits per heavy atom. The fraction of sp³-hybridized carbons (Fsp3) is 0.562. The number of aliphatic hydroxyl groups excluding tert-OH is 1. The van der Waals surface area contributed by atoms with Crippen molar-refractivity contribution in [1.82, 2.24) is 4.90 Å². The molecule has 2 saturated heterocycles. The summed E-state index contributed by atoms with van der Waals surface area (Å²) in [6.07, 6.45) is 2.94. The zero-order valence-corrected chi connectivity index (χ0v) is 11.7. The molecule has 3 rings (SSSR count). The average molecular weight is 275 g/mol. The molecule has 2 bridgehead atoms. The van der Waals surface area contributed by atoms with Crippen molar-refractivity contribution < 1.29 is 14.6 Å². The van der Waals surface area contributed by atoms with E-state index in [0.29, 0.717) is 17.6 Å². The fourth-order valence-electron chi connectivity index (χ4n) is 3.46. The molecule has 1 aromatic rings. The zero-order chi connectivity index (χ0) is 14.1. The van der Waals surface area contributed by atoms with Crippen LogP contribution in [0.2, 0.25) is 0 Å². The number of carbonyl (C=O) groups excluding carboxylic acids is 1. The molecular weight excluding hydrogens is 254 g/mol. The summed E-state index contributed by atoms with van der Waals surface area (Å²) in [5, 5.41) is 10.0. The van der Waals surface area contributed by atoms with Gasteiger partial charge in [-0.3, -0.25) is 0 Å². The Kier molecular flexibility index (Phi) is 3.76. The van der Waals surface area contributed by atoms with Gasteiger partial charge in [0.2, 0.25) is 0 Å². The molecule has 1 aromatic carbocycles. The molecule has 3 atom stereocenters. The number of nitrogens with zero attached hydrogens (tertiary/aromatic N) is 1. The van der Waals surface area contributed by atoms with Crippen LogP contribution in [0.5, 0.6) is 0 Å². The summed E-state index contributed by atoms with van der Waals surface area (Å²) in [5.74, 6) is -0.523. The summed E-state index contributed by atoms with van der Waals surface area (Å²) in [6.45, 7) is 0. The van der Waals surface area contributed by atoms with Crippen molar-refractivity contribution in [1.29, 1.82) is 0 Å². The Morgan fingerprint density at radius 2 is 1.85 bits per heavy atom. The van der Waals surface area contributed by atoms with Crippen LogP contribution in [-0.2, 0) is 9.53 Å². The Labute approximate surface area is 119 Å². The van der Waals surface area contributed by atoms with Crippen LogP contribution in [0.3, 0.4) is 0 Å². The molecule has 1 unspecified atom stereocenters. The summed E-state index contributed by atoms with van der Waals surface area (Å²) < 4.78 is 5.52. The van der Waals surface area contributed by atoms with Crippen molar-refractivity contribution in [3.63, 3.8) is 0 Å². The van der Waals surface area contributed by atoms with Gasteiger partial charge in [-0.2, -0.15) is 0 Å². The summed E-state index contributed by atoms with van der Waals surface area (Å²) in [6, 6.07) is 10.0. The van der Waals surface area contributed by atoms with E-state index >= 15 is 0 Å². The van der Waals surface area contributed by atoms with Crippen molar-refractivity contribution >= 4 is 5.97 Å². The predicted octanol–water partition coefficient (Wildman–Crippen LogP) is 1.89. The minimum atomic E-state index is -1.17. The Balaban J connectivity index is 1.60. The minimum Gasteiger partial charge on any atom is -0.460 e. The Hall–Kier alpha value is -1.39. The number of aliphatic hydroxyl groups is 1. The second-order valence-corrected chi connectivity index (χ2v) is 5.89. The van der Waals surface area contributed by atoms with Crippen LogP contribution in [-0.4, -0.2) is 41.2 Å². The fourth-order valence-corrected chi connectivity index (χ4v) is 3.46. The molecule has 0 amide bonds. The maximum atomic E-state index is 12.0. The lowest BCUT2D eigenvalue weighted by molar-refractivity contribution is -0.162. The number of piperidine rings is 1. The van der Waals surface area contributed by atoms with E-state index in [9.17, 15) is 9.90 Å². The second-order valence-electron chi connectivity index (χ2n) is 5.89. The molecule has 2 aliphatic rings. The van der Waals surface area contributed by atoms with E-state index in [4.69, 9.17) is 4.74 Å². The lowest BCUT2D eigenvalue weighted by atomic mass is 10.0. The molecule has 2 heterocycles. The van der Waals surface area contributed by atoms with Gasteiger partial charge in [-0.15, -0.1) is 0 Å². The number of fused-ring (bicyclic) bond motifs is 2. The van der Waals surface area contributed by atoms with E-state index in [1.165, 1.54) is 12.8 Å². The maximum absolute atomic E-state index is 12.0. The summed E-state index contributed by atoms with van der Waals surface area (Å²) in [5.41, 5.74) is 0.591. The Bertz CT molecular complexity index is 462. The highest BCUT2D eigenvalue weighted by Gasteiger charge is 2.40. The number of hydrogen-bond donors (Lipinski definition) is 1. The van der Waals surface area contributed by atoms with Crippen LogP contribution in [0.15, 0.2) is 30.3 Å². The topological polar surface area (TPSA) is 49.8 Å². The van der Waals surface area contributed by atoms with Crippen LogP contribution in [0.25, 0.3) is 0 Å². The van der Waals surface area contributed by atoms with E-state index in [2.05, 4.69) is 11.9 Å². The van der Waals surface area contributed by atoms with Crippen molar-refractivity contribution in [2.45, 2.75) is 50.0 Å². The molecule has 20 heavy (non-hydrogen) atoms. The molecule has 108 valence electrons. The molecule has 0 spiro atoms. The van der Waals surface area contributed by atoms with E-state index in [0.717, 1.165) is 12.8 Å². The molecule has 0 aliphatic carbocycles. The quantitative estimate of drug-likeness (QED) is 0.856. The SMILES string of the molecule is CN1[C@@H]2CC[C@@H]1CC(OC(=O)C(O)c1ccccc1)C2. The minimum absolute atomic E-state index is 0.0467. The summed E-state index contributed by atoms with van der Waals surface area (Å²) in [7, 11) is 2.15. The molecule has 2 aliphatic heterocycles. The molecule has 2 fully saturated rings. The van der Waals surface area contributed by atoms with Crippen LogP contribution in [0.4, 0.5) is 0 Å². The van der Waals surface area contributed by atoms with Gasteiger partial charge < -0.3 is 14.7 Å². The summed E-state index contributed by atoms with van der Waals surface area (Å²) in [4.78, 5) is 14.4. The predicted molar refractivity (Wildman–Crippen MR) is 75.1 cm³/mol. The second kappa shape index (κ2) is 5.54. The largest absolute Gasteiger partial charge is 0.460 e. The van der Waals surface area contributed by atoms with Crippen LogP contribution < -0.4 is 0 Å². The third-order valence-electron chi connectivity index (χ3n) is 4.68. The first-order chi connectivity index (χ1) is 9.65. The lowest BCUT2D eigenvalue weighted by Gasteiger charge is -2.36. The molecular formula is C16H21NO3. The average Bonchev–Trinajstić information content (AvgIpc) is 2.69. The highest BCUT2D eigenvalue weighted by Crippen LogP contribution is 2.35. The van der Waals surface area contributed by atoms with E-state index < -0.39 is 12.1 Å². The monoisotopic (exact) mass is 275 g/mol. The molecule has 1 N–H and O–H groups in total. The van der Waals surface area contributed by atoms with E-state index in [1.807, 2.05) is 18.2 Å². The Morgan fingerprint density at radius 1 is 1.25 bits per heavy atom. The normalized spacial score (nSPS) is 31.0. The number of rotatable bonds is 3. The van der Waals surface area contributed by atoms with Gasteiger partial charge in [0, 0.05) is 12.1 Å². The van der Waals surface area contributed by atoms with Gasteiger partial charge in [0.1, 0.15) is 6.10 Å². The molecule has 4 nitrogen and oxygen atoms in total. The van der Waals surface area contributed by atoms with E-state index in [1.54, 1.807) is 12.1 Å². The first-order valence-corrected chi connectivity index (χ1v) is 7.30. The molecule has 0 aromatic heterocycles. The van der Waals surface area contributed by atoms with Gasteiger partial charge in [-0.05, 0) is 38.3 Å². The highest BCUT2D eigenvalue weighted by atomic mass is 16.6. The summed E-state index contributed by atoms with van der Waals surface area (Å²) >= 11 is 0. The van der Waals surface area contributed by atoms with Gasteiger partial charge >= 0.3 is 5.97 Å². The van der Waals surface area contributed by atoms with Crippen LogP contribution in [0, 0.1) is 0 Å². The zero-order valence-electron chi connectivity index (χ0n) is 11.7. The standard InChI is InChI=1S/C16H21NO3/c1-17-12-7-8-13(17)10-14(9-12)20-16(19)15(18)11-5-3-2-4-6-11/h2-6,12-15,18H,7-10H2,1H3/t12-,13-,15?/m1/s1. The van der Waals surface area contributed by atoms with Gasteiger partial charge in [-0.25, -0.2) is 4.79 Å².